The highest BCUT2D eigenvalue weighted by Gasteiger charge is 2.07. The molecule has 0 spiro atoms. The van der Waals surface area contributed by atoms with Crippen LogP contribution in [0.5, 0.6) is 0 Å². The topological polar surface area (TPSA) is 29.1 Å². The minimum atomic E-state index is -0.0894. The number of halogens is 1. The van der Waals surface area contributed by atoms with Crippen LogP contribution in [0.15, 0.2) is 53.0 Å². The first-order chi connectivity index (χ1) is 9.06. The first-order valence-electron chi connectivity index (χ1n) is 6.23. The largest absolute Gasteiger partial charge is 0.322 e. The fourth-order valence-corrected chi connectivity index (χ4v) is 2.19. The van der Waals surface area contributed by atoms with E-state index in [4.69, 9.17) is 0 Å². The summed E-state index contributed by atoms with van der Waals surface area (Å²) >= 11 is 3.38. The molecule has 0 heterocycles. The number of hydrogen-bond acceptors (Lipinski definition) is 1. The average Bonchev–Trinajstić information content (AvgIpc) is 2.39. The number of amides is 1. The van der Waals surface area contributed by atoms with Crippen LogP contribution >= 0.6 is 15.9 Å². The third kappa shape index (κ3) is 3.67. The molecule has 0 aliphatic heterocycles. The van der Waals surface area contributed by atoms with E-state index in [-0.39, 0.29) is 5.91 Å². The van der Waals surface area contributed by atoms with Crippen LogP contribution in [0.3, 0.4) is 0 Å². The van der Waals surface area contributed by atoms with Gasteiger partial charge >= 0.3 is 0 Å². The van der Waals surface area contributed by atoms with E-state index in [1.54, 1.807) is 0 Å². The summed E-state index contributed by atoms with van der Waals surface area (Å²) in [5, 5.41) is 2.88. The lowest BCUT2D eigenvalue weighted by Crippen LogP contribution is -2.11. The molecule has 1 N–H and O–H groups in total. The maximum atomic E-state index is 12.1. The van der Waals surface area contributed by atoms with Crippen molar-refractivity contribution in [2.75, 3.05) is 5.32 Å². The zero-order chi connectivity index (χ0) is 13.8. The van der Waals surface area contributed by atoms with Gasteiger partial charge in [0.15, 0.2) is 0 Å². The Labute approximate surface area is 122 Å². The van der Waals surface area contributed by atoms with Crippen molar-refractivity contribution in [3.8, 4) is 0 Å². The maximum absolute atomic E-state index is 12.1. The van der Waals surface area contributed by atoms with Crippen molar-refractivity contribution in [3.05, 3.63) is 64.1 Å². The van der Waals surface area contributed by atoms with Crippen molar-refractivity contribution in [2.24, 2.45) is 0 Å². The molecule has 0 saturated heterocycles. The maximum Gasteiger partial charge on any atom is 0.255 e. The van der Waals surface area contributed by atoms with Crippen LogP contribution in [0.1, 0.15) is 35.7 Å². The first-order valence-corrected chi connectivity index (χ1v) is 7.02. The lowest BCUT2D eigenvalue weighted by atomic mass is 10.0. The zero-order valence-electron chi connectivity index (χ0n) is 11.0. The number of benzene rings is 2. The van der Waals surface area contributed by atoms with E-state index in [0.29, 0.717) is 11.5 Å². The summed E-state index contributed by atoms with van der Waals surface area (Å²) in [6.07, 6.45) is 0. The predicted molar refractivity (Wildman–Crippen MR) is 82.6 cm³/mol. The van der Waals surface area contributed by atoms with E-state index in [1.807, 2.05) is 48.5 Å². The summed E-state index contributed by atoms with van der Waals surface area (Å²) in [6.45, 7) is 4.27. The molecule has 0 fully saturated rings. The van der Waals surface area contributed by atoms with Crippen molar-refractivity contribution in [1.82, 2.24) is 0 Å². The zero-order valence-corrected chi connectivity index (χ0v) is 12.6. The average molecular weight is 318 g/mol. The monoisotopic (exact) mass is 317 g/mol. The van der Waals surface area contributed by atoms with Gasteiger partial charge in [0.05, 0.1) is 0 Å². The van der Waals surface area contributed by atoms with E-state index in [1.165, 1.54) is 5.56 Å². The number of hydrogen-bond donors (Lipinski definition) is 1. The van der Waals surface area contributed by atoms with Gasteiger partial charge in [-0.2, -0.15) is 0 Å². The van der Waals surface area contributed by atoms with E-state index in [2.05, 4.69) is 35.1 Å². The first kappa shape index (κ1) is 13.8. The van der Waals surface area contributed by atoms with Gasteiger partial charge in [-0.15, -0.1) is 0 Å². The molecule has 2 aromatic rings. The molecule has 19 heavy (non-hydrogen) atoms. The fourth-order valence-electron chi connectivity index (χ4n) is 1.79. The predicted octanol–water partition coefficient (Wildman–Crippen LogP) is 4.82. The standard InChI is InChI=1S/C16H16BrNO/c1-11(2)12-6-8-13(9-7-12)16(19)18-15-5-3-4-14(17)10-15/h3-11H,1-2H3,(H,18,19). The Morgan fingerprint density at radius 2 is 1.79 bits per heavy atom. The van der Waals surface area contributed by atoms with Gasteiger partial charge in [0.2, 0.25) is 0 Å². The molecule has 0 aromatic heterocycles. The van der Waals surface area contributed by atoms with Gasteiger partial charge in [-0.1, -0.05) is 48.0 Å². The molecule has 1 amide bonds. The molecule has 2 aromatic carbocycles. The Balaban J connectivity index is 2.11. The van der Waals surface area contributed by atoms with Gasteiger partial charge in [-0.05, 0) is 41.8 Å². The van der Waals surface area contributed by atoms with Gasteiger partial charge in [-0.3, -0.25) is 4.79 Å². The Morgan fingerprint density at radius 1 is 1.11 bits per heavy atom. The summed E-state index contributed by atoms with van der Waals surface area (Å²) in [4.78, 5) is 12.1. The highest BCUT2D eigenvalue weighted by molar-refractivity contribution is 9.10. The number of rotatable bonds is 3. The third-order valence-electron chi connectivity index (χ3n) is 2.92. The molecule has 0 bridgehead atoms. The molecule has 0 aliphatic carbocycles. The second-order valence-electron chi connectivity index (χ2n) is 4.74. The Morgan fingerprint density at radius 3 is 2.37 bits per heavy atom. The van der Waals surface area contributed by atoms with Gasteiger partial charge in [-0.25, -0.2) is 0 Å². The van der Waals surface area contributed by atoms with E-state index >= 15 is 0 Å². The lowest BCUT2D eigenvalue weighted by Gasteiger charge is -2.08. The molecule has 98 valence electrons. The van der Waals surface area contributed by atoms with Crippen molar-refractivity contribution in [2.45, 2.75) is 19.8 Å². The van der Waals surface area contributed by atoms with Gasteiger partial charge in [0.25, 0.3) is 5.91 Å². The van der Waals surface area contributed by atoms with Crippen LogP contribution in [0.2, 0.25) is 0 Å². The minimum absolute atomic E-state index is 0.0894. The van der Waals surface area contributed by atoms with Crippen molar-refractivity contribution in [3.63, 3.8) is 0 Å². The van der Waals surface area contributed by atoms with Gasteiger partial charge in [0, 0.05) is 15.7 Å². The molecule has 0 radical (unpaired) electrons. The van der Waals surface area contributed by atoms with Gasteiger partial charge in [0.1, 0.15) is 0 Å². The normalized spacial score (nSPS) is 10.5. The summed E-state index contributed by atoms with van der Waals surface area (Å²) in [7, 11) is 0. The van der Waals surface area contributed by atoms with Crippen LogP contribution in [0.4, 0.5) is 5.69 Å². The number of nitrogens with one attached hydrogen (secondary N) is 1. The molecule has 2 rings (SSSR count). The highest BCUT2D eigenvalue weighted by atomic mass is 79.9. The fraction of sp³-hybridized carbons (Fsp3) is 0.188. The molecule has 2 nitrogen and oxygen atoms in total. The summed E-state index contributed by atoms with van der Waals surface area (Å²) in [6, 6.07) is 15.3. The van der Waals surface area contributed by atoms with Crippen molar-refractivity contribution >= 4 is 27.5 Å². The Bertz CT molecular complexity index is 576. The SMILES string of the molecule is CC(C)c1ccc(C(=O)Nc2cccc(Br)c2)cc1. The molecule has 3 heteroatoms. The van der Waals surface area contributed by atoms with Gasteiger partial charge < -0.3 is 5.32 Å². The number of carbonyl (C=O) groups excluding carboxylic acids is 1. The second kappa shape index (κ2) is 6.02. The quantitative estimate of drug-likeness (QED) is 0.863. The smallest absolute Gasteiger partial charge is 0.255 e. The second-order valence-corrected chi connectivity index (χ2v) is 5.66. The number of anilines is 1. The third-order valence-corrected chi connectivity index (χ3v) is 3.42. The minimum Gasteiger partial charge on any atom is -0.322 e. The highest BCUT2D eigenvalue weighted by Crippen LogP contribution is 2.18. The molecular weight excluding hydrogens is 302 g/mol. The molecule has 0 saturated carbocycles. The van der Waals surface area contributed by atoms with E-state index < -0.39 is 0 Å². The van der Waals surface area contributed by atoms with E-state index in [0.717, 1.165) is 10.2 Å². The van der Waals surface area contributed by atoms with Crippen LogP contribution in [-0.4, -0.2) is 5.91 Å². The Kier molecular flexibility index (Phi) is 4.38. The van der Waals surface area contributed by atoms with Crippen molar-refractivity contribution < 1.29 is 4.79 Å². The number of carbonyl (C=O) groups is 1. The van der Waals surface area contributed by atoms with Crippen LogP contribution in [0.25, 0.3) is 0 Å². The molecule has 0 unspecified atom stereocenters. The Hall–Kier alpha value is -1.61. The molecule has 0 aliphatic rings. The van der Waals surface area contributed by atoms with Crippen molar-refractivity contribution in [1.29, 1.82) is 0 Å². The van der Waals surface area contributed by atoms with E-state index in [9.17, 15) is 4.79 Å². The van der Waals surface area contributed by atoms with Crippen LogP contribution < -0.4 is 5.32 Å². The summed E-state index contributed by atoms with van der Waals surface area (Å²) < 4.78 is 0.945. The lowest BCUT2D eigenvalue weighted by molar-refractivity contribution is 0.102. The molecule has 0 atom stereocenters. The van der Waals surface area contributed by atoms with Crippen LogP contribution in [0, 0.1) is 0 Å². The summed E-state index contributed by atoms with van der Waals surface area (Å²) in [5.74, 6) is 0.385. The van der Waals surface area contributed by atoms with Crippen LogP contribution in [-0.2, 0) is 0 Å². The summed E-state index contributed by atoms with van der Waals surface area (Å²) in [5.41, 5.74) is 2.69. The molecular formula is C16H16BrNO.